The second kappa shape index (κ2) is 11.0. The number of nitrogens with zero attached hydrogens (tertiary/aromatic N) is 4. The number of carbonyl (C=O) groups excluding carboxylic acids is 1. The molecule has 0 fully saturated rings. The normalized spacial score (nSPS) is 12.6. The van der Waals surface area contributed by atoms with Gasteiger partial charge in [0.1, 0.15) is 12.2 Å². The van der Waals surface area contributed by atoms with Crippen LogP contribution in [0.4, 0.5) is 11.5 Å². The first-order valence-corrected chi connectivity index (χ1v) is 12.6. The van der Waals surface area contributed by atoms with E-state index in [2.05, 4.69) is 22.4 Å². The highest BCUT2D eigenvalue weighted by Crippen LogP contribution is 2.40. The molecule has 1 unspecified atom stereocenters. The van der Waals surface area contributed by atoms with Gasteiger partial charge in [-0.2, -0.15) is 10.2 Å². The molecule has 1 amide bonds. The molecule has 0 bridgehead atoms. The number of aromatic nitrogens is 2. The fraction of sp³-hybridized carbons (Fsp3) is 0.379. The number of rotatable bonds is 8. The van der Waals surface area contributed by atoms with Crippen LogP contribution < -0.4 is 25.4 Å². The molecule has 9 heteroatoms. The Morgan fingerprint density at radius 2 is 1.79 bits per heavy atom. The van der Waals surface area contributed by atoms with Gasteiger partial charge in [-0.15, -0.1) is 0 Å². The molecule has 38 heavy (non-hydrogen) atoms. The van der Waals surface area contributed by atoms with Crippen molar-refractivity contribution in [3.63, 3.8) is 0 Å². The van der Waals surface area contributed by atoms with Crippen LogP contribution in [0.3, 0.4) is 0 Å². The molecule has 0 aliphatic carbocycles. The summed E-state index contributed by atoms with van der Waals surface area (Å²) in [5, 5.41) is 11.7. The van der Waals surface area contributed by atoms with Gasteiger partial charge in [-0.1, -0.05) is 17.7 Å². The number of methoxy groups -OCH3 is 2. The van der Waals surface area contributed by atoms with E-state index in [1.54, 1.807) is 18.8 Å². The molecule has 4 rings (SSSR count). The van der Waals surface area contributed by atoms with Gasteiger partial charge >= 0.3 is 5.69 Å². The SMILES string of the molecule is COc1cc2c(cc1OC)-c1cc(N(c3c(C)cc(C)cc3C)C(C)CNC(=O)CC#N)nc(=O)n1CC2. The Bertz CT molecular complexity index is 1460. The van der Waals surface area contributed by atoms with Crippen molar-refractivity contribution in [3.8, 4) is 28.8 Å². The van der Waals surface area contributed by atoms with E-state index in [1.807, 2.05) is 56.9 Å². The summed E-state index contributed by atoms with van der Waals surface area (Å²) in [4.78, 5) is 32.0. The predicted molar refractivity (Wildman–Crippen MR) is 146 cm³/mol. The van der Waals surface area contributed by atoms with Crippen LogP contribution >= 0.6 is 0 Å². The van der Waals surface area contributed by atoms with Crippen molar-refractivity contribution in [2.24, 2.45) is 0 Å². The standard InChI is InChI=1S/C29H33N5O4/c1-17-11-18(2)28(19(3)12-17)34(20(4)16-31-27(35)7-9-30)26-15-23-22-14-25(38-6)24(37-5)13-21(22)8-10-33(23)29(36)32-26/h11-15,20H,7-8,10,16H2,1-6H3,(H,31,35). The van der Waals surface area contributed by atoms with E-state index in [-0.39, 0.29) is 30.6 Å². The summed E-state index contributed by atoms with van der Waals surface area (Å²) in [6.45, 7) is 8.84. The summed E-state index contributed by atoms with van der Waals surface area (Å²) in [6.07, 6.45) is 0.459. The Morgan fingerprint density at radius 3 is 2.42 bits per heavy atom. The topological polar surface area (TPSA) is 109 Å². The lowest BCUT2D eigenvalue weighted by molar-refractivity contribution is -0.120. The number of hydrogen-bond donors (Lipinski definition) is 1. The molecule has 1 N–H and O–H groups in total. The predicted octanol–water partition coefficient (Wildman–Crippen LogP) is 3.97. The summed E-state index contributed by atoms with van der Waals surface area (Å²) in [7, 11) is 3.19. The van der Waals surface area contributed by atoms with Crippen molar-refractivity contribution >= 4 is 17.4 Å². The van der Waals surface area contributed by atoms with Gasteiger partial charge in [-0.3, -0.25) is 9.36 Å². The van der Waals surface area contributed by atoms with E-state index in [1.165, 1.54) is 0 Å². The number of nitrogens with one attached hydrogen (secondary N) is 1. The molecule has 1 aliphatic rings. The van der Waals surface area contributed by atoms with Crippen molar-refractivity contribution in [2.45, 2.75) is 53.1 Å². The first-order chi connectivity index (χ1) is 18.2. The lowest BCUT2D eigenvalue weighted by atomic mass is 9.96. The lowest BCUT2D eigenvalue weighted by Gasteiger charge is -2.34. The third-order valence-electron chi connectivity index (χ3n) is 6.89. The zero-order valence-corrected chi connectivity index (χ0v) is 22.7. The molecular formula is C29H33N5O4. The minimum atomic E-state index is -0.343. The van der Waals surface area contributed by atoms with Crippen LogP contribution in [0.5, 0.6) is 11.5 Å². The average Bonchev–Trinajstić information content (AvgIpc) is 2.88. The van der Waals surface area contributed by atoms with Gasteiger partial charge in [0, 0.05) is 30.4 Å². The maximum Gasteiger partial charge on any atom is 0.350 e. The van der Waals surface area contributed by atoms with Gasteiger partial charge in [0.25, 0.3) is 0 Å². The monoisotopic (exact) mass is 515 g/mol. The number of benzene rings is 2. The van der Waals surface area contributed by atoms with Crippen LogP contribution in [0, 0.1) is 32.1 Å². The summed E-state index contributed by atoms with van der Waals surface area (Å²) in [5.41, 5.74) is 6.48. The zero-order valence-electron chi connectivity index (χ0n) is 22.7. The maximum atomic E-state index is 13.4. The second-order valence-electron chi connectivity index (χ2n) is 9.65. The molecule has 0 saturated carbocycles. The maximum absolute atomic E-state index is 13.4. The van der Waals surface area contributed by atoms with Crippen LogP contribution in [0.2, 0.25) is 0 Å². The number of fused-ring (bicyclic) bond motifs is 3. The Morgan fingerprint density at radius 1 is 1.13 bits per heavy atom. The number of anilines is 2. The average molecular weight is 516 g/mol. The number of aryl methyl sites for hydroxylation is 4. The second-order valence-corrected chi connectivity index (χ2v) is 9.65. The van der Waals surface area contributed by atoms with E-state index in [0.29, 0.717) is 30.3 Å². The quantitative estimate of drug-likeness (QED) is 0.483. The van der Waals surface area contributed by atoms with E-state index in [4.69, 9.17) is 14.7 Å². The minimum absolute atomic E-state index is 0.212. The Labute approximate surface area is 222 Å². The highest BCUT2D eigenvalue weighted by molar-refractivity contribution is 5.78. The molecule has 198 valence electrons. The molecule has 0 radical (unpaired) electrons. The Balaban J connectivity index is 1.89. The van der Waals surface area contributed by atoms with Gasteiger partial charge < -0.3 is 19.7 Å². The molecule has 0 spiro atoms. The molecule has 1 aromatic heterocycles. The third-order valence-corrected chi connectivity index (χ3v) is 6.89. The van der Waals surface area contributed by atoms with Gasteiger partial charge in [0.2, 0.25) is 5.91 Å². The molecular weight excluding hydrogens is 482 g/mol. The Kier molecular flexibility index (Phi) is 7.72. The van der Waals surface area contributed by atoms with Crippen LogP contribution in [0.15, 0.2) is 35.1 Å². The van der Waals surface area contributed by atoms with Crippen molar-refractivity contribution in [1.29, 1.82) is 5.26 Å². The van der Waals surface area contributed by atoms with Gasteiger partial charge in [0.15, 0.2) is 11.5 Å². The number of nitriles is 1. The number of hydrogen-bond acceptors (Lipinski definition) is 7. The van der Waals surface area contributed by atoms with Gasteiger partial charge in [-0.05, 0) is 62.9 Å². The molecule has 0 saturated heterocycles. The largest absolute Gasteiger partial charge is 0.493 e. The molecule has 3 aromatic rings. The summed E-state index contributed by atoms with van der Waals surface area (Å²) in [5.74, 6) is 1.37. The van der Waals surface area contributed by atoms with Crippen molar-refractivity contribution in [3.05, 3.63) is 63.1 Å². The fourth-order valence-corrected chi connectivity index (χ4v) is 5.26. The molecule has 1 aliphatic heterocycles. The van der Waals surface area contributed by atoms with Crippen LogP contribution in [0.1, 0.15) is 35.6 Å². The van der Waals surface area contributed by atoms with E-state index < -0.39 is 0 Å². The fourth-order valence-electron chi connectivity index (χ4n) is 5.26. The molecule has 2 heterocycles. The first-order valence-electron chi connectivity index (χ1n) is 12.6. The zero-order chi connectivity index (χ0) is 27.6. The van der Waals surface area contributed by atoms with Crippen LogP contribution in [-0.4, -0.2) is 42.3 Å². The summed E-state index contributed by atoms with van der Waals surface area (Å²) >= 11 is 0. The van der Waals surface area contributed by atoms with Crippen LogP contribution in [-0.2, 0) is 17.8 Å². The van der Waals surface area contributed by atoms with E-state index >= 15 is 0 Å². The highest BCUT2D eigenvalue weighted by atomic mass is 16.5. The molecule has 1 atom stereocenters. The van der Waals surface area contributed by atoms with E-state index in [9.17, 15) is 9.59 Å². The van der Waals surface area contributed by atoms with Crippen molar-refractivity contribution in [1.82, 2.24) is 14.9 Å². The molecule has 2 aromatic carbocycles. The Hall–Kier alpha value is -4.32. The van der Waals surface area contributed by atoms with Crippen molar-refractivity contribution in [2.75, 3.05) is 25.7 Å². The smallest absolute Gasteiger partial charge is 0.350 e. The lowest BCUT2D eigenvalue weighted by Crippen LogP contribution is -2.42. The highest BCUT2D eigenvalue weighted by Gasteiger charge is 2.27. The van der Waals surface area contributed by atoms with Crippen LogP contribution in [0.25, 0.3) is 11.3 Å². The summed E-state index contributed by atoms with van der Waals surface area (Å²) in [6, 6.07) is 11.6. The molecule has 9 nitrogen and oxygen atoms in total. The number of ether oxygens (including phenoxy) is 2. The summed E-state index contributed by atoms with van der Waals surface area (Å²) < 4.78 is 12.7. The minimum Gasteiger partial charge on any atom is -0.493 e. The van der Waals surface area contributed by atoms with Gasteiger partial charge in [-0.25, -0.2) is 4.79 Å². The van der Waals surface area contributed by atoms with E-state index in [0.717, 1.165) is 39.2 Å². The van der Waals surface area contributed by atoms with Gasteiger partial charge in [0.05, 0.1) is 32.0 Å². The number of carbonyl (C=O) groups is 1. The first kappa shape index (κ1) is 26.7. The number of amides is 1. The van der Waals surface area contributed by atoms with Crippen molar-refractivity contribution < 1.29 is 14.3 Å². The third kappa shape index (κ3) is 5.07.